The molecule has 0 aromatic heterocycles. The number of carbonyl (C=O) groups excluding carboxylic acids is 2. The second-order valence-corrected chi connectivity index (χ2v) is 7.51. The van der Waals surface area contributed by atoms with Crippen LogP contribution in [0.25, 0.3) is 0 Å². The molecule has 0 unspecified atom stereocenters. The van der Waals surface area contributed by atoms with Crippen molar-refractivity contribution in [2.24, 2.45) is 11.3 Å². The summed E-state index contributed by atoms with van der Waals surface area (Å²) < 4.78 is 4.95. The van der Waals surface area contributed by atoms with E-state index in [0.29, 0.717) is 11.0 Å². The lowest BCUT2D eigenvalue weighted by atomic mass is 9.68. The minimum atomic E-state index is -0.320. The molecule has 5 heteroatoms. The highest BCUT2D eigenvalue weighted by Crippen LogP contribution is 2.49. The van der Waals surface area contributed by atoms with Crippen LogP contribution in [0.5, 0.6) is 0 Å². The maximum atomic E-state index is 12.2. The highest BCUT2D eigenvalue weighted by molar-refractivity contribution is 5.99. The van der Waals surface area contributed by atoms with E-state index in [1.54, 1.807) is 12.1 Å². The average Bonchev–Trinajstić information content (AvgIpc) is 3.31. The third-order valence-corrected chi connectivity index (χ3v) is 5.81. The number of carbonyl (C=O) groups is 2. The first-order valence-electron chi connectivity index (χ1n) is 8.88. The quantitative estimate of drug-likeness (QED) is 0.862. The molecule has 1 aromatic carbocycles. The third kappa shape index (κ3) is 2.76. The van der Waals surface area contributed by atoms with Gasteiger partial charge in [-0.2, -0.15) is 0 Å². The number of rotatable bonds is 4. The molecule has 0 bridgehead atoms. The van der Waals surface area contributed by atoms with Gasteiger partial charge in [0, 0.05) is 24.7 Å². The predicted molar refractivity (Wildman–Crippen MR) is 92.2 cm³/mol. The summed E-state index contributed by atoms with van der Waals surface area (Å²) in [4.78, 5) is 26.5. The maximum absolute atomic E-state index is 12.2. The number of nitrogens with one attached hydrogen (secondary N) is 1. The lowest BCUT2D eigenvalue weighted by Crippen LogP contribution is -2.33. The molecule has 0 radical (unpaired) electrons. The molecule has 1 spiro atoms. The van der Waals surface area contributed by atoms with Gasteiger partial charge >= 0.3 is 5.97 Å². The summed E-state index contributed by atoms with van der Waals surface area (Å²) in [6.07, 6.45) is 7.03. The molecule has 2 saturated carbocycles. The fraction of sp³-hybridized carbons (Fsp3) is 0.579. The van der Waals surface area contributed by atoms with E-state index in [-0.39, 0.29) is 17.8 Å². The highest BCUT2D eigenvalue weighted by Gasteiger charge is 2.43. The number of hydrogen-bond acceptors (Lipinski definition) is 4. The molecule has 2 aliphatic carbocycles. The number of amides is 1. The molecule has 0 atom stereocenters. The van der Waals surface area contributed by atoms with E-state index in [1.165, 1.54) is 32.8 Å². The monoisotopic (exact) mass is 328 g/mol. The number of anilines is 2. The van der Waals surface area contributed by atoms with Gasteiger partial charge in [-0.3, -0.25) is 4.79 Å². The van der Waals surface area contributed by atoms with Crippen molar-refractivity contribution < 1.29 is 14.3 Å². The van der Waals surface area contributed by atoms with E-state index in [0.717, 1.165) is 37.3 Å². The standard InChI is InChI=1S/C19H24N2O3/c1-24-18(23)15-6-5-14(20-17(22)13-3-4-13)11-16(15)21-10-9-19(12-21)7-2-8-19/h5-6,11,13H,2-4,7-10,12H2,1H3,(H,20,22). The lowest BCUT2D eigenvalue weighted by Gasteiger charge is -2.38. The molecule has 3 aliphatic rings. The Bertz CT molecular complexity index is 677. The Hall–Kier alpha value is -2.04. The van der Waals surface area contributed by atoms with Crippen molar-refractivity contribution in [2.45, 2.75) is 38.5 Å². The van der Waals surface area contributed by atoms with Crippen LogP contribution < -0.4 is 10.2 Å². The minimum Gasteiger partial charge on any atom is -0.465 e. The second-order valence-electron chi connectivity index (χ2n) is 7.51. The van der Waals surface area contributed by atoms with Gasteiger partial charge in [-0.05, 0) is 55.7 Å². The third-order valence-electron chi connectivity index (χ3n) is 5.81. The Labute approximate surface area is 142 Å². The lowest BCUT2D eigenvalue weighted by molar-refractivity contribution is -0.117. The summed E-state index contributed by atoms with van der Waals surface area (Å²) in [5.74, 6) is -0.0675. The number of benzene rings is 1. The Balaban J connectivity index is 1.60. The number of esters is 1. The summed E-state index contributed by atoms with van der Waals surface area (Å²) in [5.41, 5.74) is 2.68. The molecule has 3 fully saturated rings. The molecule has 1 aromatic rings. The Kier molecular flexibility index (Phi) is 3.74. The Morgan fingerprint density at radius 3 is 2.62 bits per heavy atom. The van der Waals surface area contributed by atoms with Crippen LogP contribution in [0, 0.1) is 11.3 Å². The number of methoxy groups -OCH3 is 1. The van der Waals surface area contributed by atoms with E-state index in [4.69, 9.17) is 4.74 Å². The Morgan fingerprint density at radius 1 is 1.25 bits per heavy atom. The van der Waals surface area contributed by atoms with Gasteiger partial charge in [0.2, 0.25) is 5.91 Å². The largest absolute Gasteiger partial charge is 0.465 e. The van der Waals surface area contributed by atoms with Gasteiger partial charge in [-0.25, -0.2) is 4.79 Å². The molecular weight excluding hydrogens is 304 g/mol. The molecule has 24 heavy (non-hydrogen) atoms. The van der Waals surface area contributed by atoms with Gasteiger partial charge in [0.15, 0.2) is 0 Å². The summed E-state index contributed by atoms with van der Waals surface area (Å²) in [7, 11) is 1.41. The smallest absolute Gasteiger partial charge is 0.339 e. The van der Waals surface area contributed by atoms with Crippen molar-refractivity contribution in [1.29, 1.82) is 0 Å². The zero-order chi connectivity index (χ0) is 16.7. The van der Waals surface area contributed by atoms with E-state index in [1.807, 2.05) is 6.07 Å². The van der Waals surface area contributed by atoms with E-state index < -0.39 is 0 Å². The van der Waals surface area contributed by atoms with Crippen LogP contribution in [-0.2, 0) is 9.53 Å². The van der Waals surface area contributed by atoms with Crippen LogP contribution >= 0.6 is 0 Å². The van der Waals surface area contributed by atoms with Crippen molar-refractivity contribution in [3.63, 3.8) is 0 Å². The van der Waals surface area contributed by atoms with Crippen molar-refractivity contribution in [1.82, 2.24) is 0 Å². The first kappa shape index (κ1) is 15.5. The van der Waals surface area contributed by atoms with Crippen LogP contribution in [0.1, 0.15) is 48.9 Å². The van der Waals surface area contributed by atoms with Gasteiger partial charge in [0.25, 0.3) is 0 Å². The van der Waals surface area contributed by atoms with Gasteiger partial charge in [-0.15, -0.1) is 0 Å². The maximum Gasteiger partial charge on any atom is 0.339 e. The average molecular weight is 328 g/mol. The zero-order valence-electron chi connectivity index (χ0n) is 14.1. The van der Waals surface area contributed by atoms with Crippen molar-refractivity contribution in [2.75, 3.05) is 30.4 Å². The van der Waals surface area contributed by atoms with Crippen LogP contribution in [0.15, 0.2) is 18.2 Å². The van der Waals surface area contributed by atoms with Crippen LogP contribution in [0.4, 0.5) is 11.4 Å². The molecule has 1 amide bonds. The highest BCUT2D eigenvalue weighted by atomic mass is 16.5. The van der Waals surface area contributed by atoms with Gasteiger partial charge < -0.3 is 15.0 Å². The molecule has 1 heterocycles. The summed E-state index contributed by atoms with van der Waals surface area (Å²) in [6.45, 7) is 1.96. The Morgan fingerprint density at radius 2 is 2.04 bits per heavy atom. The fourth-order valence-corrected chi connectivity index (χ4v) is 3.97. The van der Waals surface area contributed by atoms with Crippen LogP contribution in [0.2, 0.25) is 0 Å². The van der Waals surface area contributed by atoms with Crippen molar-refractivity contribution >= 4 is 23.3 Å². The van der Waals surface area contributed by atoms with Gasteiger partial charge in [-0.1, -0.05) is 6.42 Å². The van der Waals surface area contributed by atoms with Crippen LogP contribution in [-0.4, -0.2) is 32.1 Å². The van der Waals surface area contributed by atoms with E-state index in [2.05, 4.69) is 10.2 Å². The summed E-state index contributed by atoms with van der Waals surface area (Å²) in [5, 5.41) is 2.98. The zero-order valence-corrected chi connectivity index (χ0v) is 14.1. The molecule has 1 saturated heterocycles. The molecular formula is C19H24N2O3. The van der Waals surface area contributed by atoms with Crippen LogP contribution in [0.3, 0.4) is 0 Å². The fourth-order valence-electron chi connectivity index (χ4n) is 3.97. The predicted octanol–water partition coefficient (Wildman–Crippen LogP) is 3.20. The SMILES string of the molecule is COC(=O)c1ccc(NC(=O)C2CC2)cc1N1CCC2(CCC2)C1. The first-order chi connectivity index (χ1) is 11.6. The second kappa shape index (κ2) is 5.80. The molecule has 4 rings (SSSR count). The topological polar surface area (TPSA) is 58.6 Å². The number of nitrogens with zero attached hydrogens (tertiary/aromatic N) is 1. The minimum absolute atomic E-state index is 0.0867. The molecule has 128 valence electrons. The van der Waals surface area contributed by atoms with E-state index in [9.17, 15) is 9.59 Å². The molecule has 5 nitrogen and oxygen atoms in total. The van der Waals surface area contributed by atoms with Gasteiger partial charge in [0.05, 0.1) is 18.4 Å². The van der Waals surface area contributed by atoms with Crippen molar-refractivity contribution in [3.05, 3.63) is 23.8 Å². The summed E-state index contributed by atoms with van der Waals surface area (Å²) >= 11 is 0. The van der Waals surface area contributed by atoms with E-state index >= 15 is 0 Å². The molecule has 1 N–H and O–H groups in total. The van der Waals surface area contributed by atoms with Crippen molar-refractivity contribution in [3.8, 4) is 0 Å². The normalized spacial score (nSPS) is 21.5. The van der Waals surface area contributed by atoms with Gasteiger partial charge in [0.1, 0.15) is 0 Å². The number of ether oxygens (including phenoxy) is 1. The first-order valence-corrected chi connectivity index (χ1v) is 8.88. The molecule has 1 aliphatic heterocycles. The summed E-state index contributed by atoms with van der Waals surface area (Å²) in [6, 6.07) is 5.50. The number of hydrogen-bond donors (Lipinski definition) is 1.